The Hall–Kier alpha value is -0.870. The third kappa shape index (κ3) is 2.87. The summed E-state index contributed by atoms with van der Waals surface area (Å²) in [7, 11) is 0. The van der Waals surface area contributed by atoms with Gasteiger partial charge in [0.05, 0.1) is 23.5 Å². The third-order valence-electron chi connectivity index (χ3n) is 3.32. The van der Waals surface area contributed by atoms with Gasteiger partial charge in [0.15, 0.2) is 11.0 Å². The van der Waals surface area contributed by atoms with Crippen LogP contribution in [0.2, 0.25) is 5.15 Å². The first kappa shape index (κ1) is 12.6. The zero-order valence-corrected chi connectivity index (χ0v) is 11.0. The molecular weight excluding hydrogens is 238 g/mol. The molecular formula is C12H18ClN3O. The second-order valence-corrected chi connectivity index (χ2v) is 4.99. The Balaban J connectivity index is 2.15. The lowest BCUT2D eigenvalue weighted by atomic mass is 9.93. The first-order valence-electron chi connectivity index (χ1n) is 6.03. The van der Waals surface area contributed by atoms with Gasteiger partial charge in [0, 0.05) is 0 Å². The number of hydrogen-bond acceptors (Lipinski definition) is 4. The minimum Gasteiger partial charge on any atom is -0.391 e. The third-order valence-corrected chi connectivity index (χ3v) is 3.58. The average molecular weight is 256 g/mol. The predicted octanol–water partition coefficient (Wildman–Crippen LogP) is 2.46. The maximum atomic E-state index is 9.89. The van der Waals surface area contributed by atoms with Crippen molar-refractivity contribution in [1.29, 1.82) is 0 Å². The summed E-state index contributed by atoms with van der Waals surface area (Å²) in [5, 5.41) is 13.5. The molecule has 0 spiro atoms. The Labute approximate surface area is 106 Å². The smallest absolute Gasteiger partial charge is 0.171 e. The van der Waals surface area contributed by atoms with E-state index in [1.807, 2.05) is 13.8 Å². The summed E-state index contributed by atoms with van der Waals surface area (Å²) in [4.78, 5) is 8.61. The molecule has 2 rings (SSSR count). The van der Waals surface area contributed by atoms with Crippen molar-refractivity contribution < 1.29 is 5.11 Å². The number of hydrogen-bond donors (Lipinski definition) is 2. The van der Waals surface area contributed by atoms with Gasteiger partial charge in [-0.1, -0.05) is 24.4 Å². The van der Waals surface area contributed by atoms with Gasteiger partial charge >= 0.3 is 0 Å². The first-order chi connectivity index (χ1) is 8.08. The van der Waals surface area contributed by atoms with E-state index in [0.717, 1.165) is 37.1 Å². The van der Waals surface area contributed by atoms with Gasteiger partial charge in [-0.05, 0) is 26.7 Å². The fraction of sp³-hybridized carbons (Fsp3) is 0.667. The van der Waals surface area contributed by atoms with Crippen molar-refractivity contribution in [2.75, 3.05) is 5.32 Å². The zero-order chi connectivity index (χ0) is 12.4. The minimum absolute atomic E-state index is 0.0395. The van der Waals surface area contributed by atoms with E-state index in [9.17, 15) is 5.11 Å². The van der Waals surface area contributed by atoms with Crippen molar-refractivity contribution in [3.05, 3.63) is 16.5 Å². The highest BCUT2D eigenvalue weighted by Gasteiger charge is 2.24. The van der Waals surface area contributed by atoms with Crippen molar-refractivity contribution >= 4 is 17.4 Å². The van der Waals surface area contributed by atoms with Crippen LogP contribution in [-0.2, 0) is 0 Å². The molecule has 2 N–H and O–H groups in total. The van der Waals surface area contributed by atoms with Crippen LogP contribution >= 0.6 is 11.6 Å². The quantitative estimate of drug-likeness (QED) is 0.852. The topological polar surface area (TPSA) is 58.0 Å². The molecule has 0 aromatic carbocycles. The van der Waals surface area contributed by atoms with Crippen LogP contribution in [0.25, 0.3) is 0 Å². The number of anilines is 1. The van der Waals surface area contributed by atoms with E-state index < -0.39 is 0 Å². The Morgan fingerprint density at radius 1 is 1.18 bits per heavy atom. The molecule has 0 aliphatic heterocycles. The maximum absolute atomic E-state index is 9.89. The highest BCUT2D eigenvalue weighted by molar-refractivity contribution is 6.31. The van der Waals surface area contributed by atoms with Crippen molar-refractivity contribution in [1.82, 2.24) is 9.97 Å². The van der Waals surface area contributed by atoms with E-state index in [2.05, 4.69) is 15.3 Å². The lowest BCUT2D eigenvalue weighted by Gasteiger charge is -2.29. The van der Waals surface area contributed by atoms with Crippen LogP contribution in [0, 0.1) is 13.8 Å². The Morgan fingerprint density at radius 2 is 1.82 bits per heavy atom. The van der Waals surface area contributed by atoms with Gasteiger partial charge in [-0.15, -0.1) is 0 Å². The Bertz CT molecular complexity index is 411. The van der Waals surface area contributed by atoms with Crippen LogP contribution in [0.15, 0.2) is 0 Å². The number of nitrogens with zero attached hydrogens (tertiary/aromatic N) is 2. The van der Waals surface area contributed by atoms with E-state index in [1.54, 1.807) is 0 Å². The molecule has 2 unspecified atom stereocenters. The molecule has 1 aromatic heterocycles. The predicted molar refractivity (Wildman–Crippen MR) is 68.4 cm³/mol. The largest absolute Gasteiger partial charge is 0.391 e. The zero-order valence-electron chi connectivity index (χ0n) is 10.2. The van der Waals surface area contributed by atoms with Gasteiger partial charge in [-0.3, -0.25) is 0 Å². The van der Waals surface area contributed by atoms with Crippen molar-refractivity contribution in [2.45, 2.75) is 51.7 Å². The second kappa shape index (κ2) is 5.19. The van der Waals surface area contributed by atoms with Crippen molar-refractivity contribution in [3.8, 4) is 0 Å². The summed E-state index contributed by atoms with van der Waals surface area (Å²) in [5.41, 5.74) is 1.70. The number of aryl methyl sites for hydroxylation is 2. The summed E-state index contributed by atoms with van der Waals surface area (Å²) in [5.74, 6) is 0.584. The fourth-order valence-electron chi connectivity index (χ4n) is 2.12. The number of aliphatic hydroxyl groups is 1. The lowest BCUT2D eigenvalue weighted by Crippen LogP contribution is -2.36. The van der Waals surface area contributed by atoms with Crippen molar-refractivity contribution in [2.24, 2.45) is 0 Å². The molecule has 0 bridgehead atoms. The maximum Gasteiger partial charge on any atom is 0.171 e. The van der Waals surface area contributed by atoms with Crippen LogP contribution in [-0.4, -0.2) is 27.2 Å². The molecule has 17 heavy (non-hydrogen) atoms. The SMILES string of the molecule is Cc1nc(Cl)c(NC2CCCCC2O)nc1C. The van der Waals surface area contributed by atoms with Crippen LogP contribution in [0.1, 0.15) is 37.1 Å². The molecule has 1 aliphatic carbocycles. The summed E-state index contributed by atoms with van der Waals surface area (Å²) in [6, 6.07) is 0.0395. The molecule has 94 valence electrons. The molecule has 4 nitrogen and oxygen atoms in total. The Morgan fingerprint density at radius 3 is 2.53 bits per heavy atom. The van der Waals surface area contributed by atoms with Crippen LogP contribution in [0.3, 0.4) is 0 Å². The van der Waals surface area contributed by atoms with Gasteiger partial charge < -0.3 is 10.4 Å². The molecule has 1 aromatic rings. The molecule has 0 saturated heterocycles. The van der Waals surface area contributed by atoms with Crippen LogP contribution in [0.5, 0.6) is 0 Å². The fourth-order valence-corrected chi connectivity index (χ4v) is 2.35. The monoisotopic (exact) mass is 255 g/mol. The number of nitrogens with one attached hydrogen (secondary N) is 1. The molecule has 5 heteroatoms. The molecule has 1 aliphatic rings. The normalized spacial score (nSPS) is 24.7. The van der Waals surface area contributed by atoms with Gasteiger partial charge in [-0.2, -0.15) is 0 Å². The number of aliphatic hydroxyl groups excluding tert-OH is 1. The highest BCUT2D eigenvalue weighted by atomic mass is 35.5. The molecule has 1 heterocycles. The second-order valence-electron chi connectivity index (χ2n) is 4.64. The van der Waals surface area contributed by atoms with Gasteiger partial charge in [-0.25, -0.2) is 9.97 Å². The van der Waals surface area contributed by atoms with E-state index in [1.165, 1.54) is 0 Å². The molecule has 0 amide bonds. The molecule has 1 saturated carbocycles. The summed E-state index contributed by atoms with van der Waals surface area (Å²) >= 11 is 6.05. The van der Waals surface area contributed by atoms with E-state index in [4.69, 9.17) is 11.6 Å². The molecule has 1 fully saturated rings. The van der Waals surface area contributed by atoms with E-state index >= 15 is 0 Å². The number of aromatic nitrogens is 2. The van der Waals surface area contributed by atoms with Crippen LogP contribution in [0.4, 0.5) is 5.82 Å². The minimum atomic E-state index is -0.316. The Kier molecular flexibility index (Phi) is 3.84. The van der Waals surface area contributed by atoms with Gasteiger partial charge in [0.2, 0.25) is 0 Å². The molecule has 2 atom stereocenters. The summed E-state index contributed by atoms with van der Waals surface area (Å²) < 4.78 is 0. The summed E-state index contributed by atoms with van der Waals surface area (Å²) in [6.07, 6.45) is 3.69. The van der Waals surface area contributed by atoms with E-state index in [0.29, 0.717) is 11.0 Å². The lowest BCUT2D eigenvalue weighted by molar-refractivity contribution is 0.116. The first-order valence-corrected chi connectivity index (χ1v) is 6.41. The van der Waals surface area contributed by atoms with Gasteiger partial charge in [0.25, 0.3) is 0 Å². The number of halogens is 1. The van der Waals surface area contributed by atoms with E-state index in [-0.39, 0.29) is 12.1 Å². The average Bonchev–Trinajstić information content (AvgIpc) is 2.29. The standard InChI is InChI=1S/C12H18ClN3O/c1-7-8(2)15-12(11(13)14-7)16-9-5-3-4-6-10(9)17/h9-10,17H,3-6H2,1-2H3,(H,15,16). The molecule has 0 radical (unpaired) electrons. The van der Waals surface area contributed by atoms with Gasteiger partial charge in [0.1, 0.15) is 0 Å². The van der Waals surface area contributed by atoms with Crippen LogP contribution < -0.4 is 5.32 Å². The highest BCUT2D eigenvalue weighted by Crippen LogP contribution is 2.25. The number of rotatable bonds is 2. The summed E-state index contributed by atoms with van der Waals surface area (Å²) in [6.45, 7) is 3.79. The van der Waals surface area contributed by atoms with Crippen molar-refractivity contribution in [3.63, 3.8) is 0 Å².